The topological polar surface area (TPSA) is 66.5 Å². The van der Waals surface area contributed by atoms with Gasteiger partial charge in [0, 0.05) is 21.7 Å². The Morgan fingerprint density at radius 2 is 1.73 bits per heavy atom. The summed E-state index contributed by atoms with van der Waals surface area (Å²) in [6.45, 7) is 0.336. The molecule has 136 valence electrons. The summed E-state index contributed by atoms with van der Waals surface area (Å²) < 4.78 is 1.03. The first-order valence-electron chi connectivity index (χ1n) is 8.73. The number of nitrogens with zero attached hydrogens (tertiary/aromatic N) is 1. The van der Waals surface area contributed by atoms with Crippen LogP contribution in [-0.4, -0.2) is 41.5 Å². The van der Waals surface area contributed by atoms with E-state index in [4.69, 9.17) is 0 Å². The summed E-state index contributed by atoms with van der Waals surface area (Å²) in [5.41, 5.74) is 0. The number of carbonyl (C=O) groups excluding carboxylic acids is 3. The van der Waals surface area contributed by atoms with Gasteiger partial charge in [-0.15, -0.1) is 11.8 Å². The maximum atomic E-state index is 12.5. The summed E-state index contributed by atoms with van der Waals surface area (Å²) in [6.07, 6.45) is 5.01. The lowest BCUT2D eigenvalue weighted by atomic mass is 9.85. The van der Waals surface area contributed by atoms with Gasteiger partial charge in [-0.2, -0.15) is 0 Å². The van der Waals surface area contributed by atoms with E-state index in [-0.39, 0.29) is 47.9 Å². The Labute approximate surface area is 164 Å². The number of carbonyl (C=O) groups is 3. The summed E-state index contributed by atoms with van der Waals surface area (Å²) in [4.78, 5) is 39.5. The molecule has 3 aliphatic rings. The number of fused-ring (bicyclic) bond motifs is 5. The third kappa shape index (κ3) is 3.22. The van der Waals surface area contributed by atoms with Crippen LogP contribution < -0.4 is 5.32 Å². The normalized spacial score (nSPS) is 28.7. The molecule has 0 unspecified atom stereocenters. The van der Waals surface area contributed by atoms with Gasteiger partial charge in [0.1, 0.15) is 6.54 Å². The first-order valence-corrected chi connectivity index (χ1v) is 10.5. The summed E-state index contributed by atoms with van der Waals surface area (Å²) in [5, 5.41) is 2.81. The fourth-order valence-corrected chi connectivity index (χ4v) is 5.24. The van der Waals surface area contributed by atoms with Crippen molar-refractivity contribution in [2.45, 2.75) is 11.3 Å². The molecule has 1 N–H and O–H groups in total. The second kappa shape index (κ2) is 7.19. The second-order valence-corrected chi connectivity index (χ2v) is 9.00. The molecule has 5 nitrogen and oxygen atoms in total. The average molecular weight is 435 g/mol. The number of thioether (sulfide) groups is 1. The molecule has 2 bridgehead atoms. The Morgan fingerprint density at radius 1 is 1.12 bits per heavy atom. The lowest BCUT2D eigenvalue weighted by Crippen LogP contribution is -2.42. The quantitative estimate of drug-likeness (QED) is 0.323. The van der Waals surface area contributed by atoms with Crippen LogP contribution in [0.25, 0.3) is 0 Å². The number of rotatable bonds is 6. The predicted molar refractivity (Wildman–Crippen MR) is 102 cm³/mol. The van der Waals surface area contributed by atoms with E-state index in [2.05, 4.69) is 33.4 Å². The van der Waals surface area contributed by atoms with Crippen LogP contribution in [0.3, 0.4) is 0 Å². The molecule has 3 amide bonds. The number of benzene rings is 1. The van der Waals surface area contributed by atoms with E-state index in [9.17, 15) is 14.4 Å². The van der Waals surface area contributed by atoms with E-state index >= 15 is 0 Å². The van der Waals surface area contributed by atoms with Gasteiger partial charge in [-0.1, -0.05) is 28.1 Å². The zero-order chi connectivity index (χ0) is 18.3. The van der Waals surface area contributed by atoms with Gasteiger partial charge in [-0.3, -0.25) is 19.3 Å². The Bertz CT molecular complexity index is 749. The van der Waals surface area contributed by atoms with E-state index in [1.165, 1.54) is 4.90 Å². The predicted octanol–water partition coefficient (Wildman–Crippen LogP) is 2.46. The molecule has 0 aromatic heterocycles. The molecule has 4 rings (SSSR count). The molecule has 26 heavy (non-hydrogen) atoms. The lowest BCUT2D eigenvalue weighted by molar-refractivity contribution is -0.144. The number of imide groups is 1. The Kier molecular flexibility index (Phi) is 4.92. The molecule has 0 spiro atoms. The molecule has 1 aromatic rings. The fraction of sp³-hybridized carbons (Fsp3) is 0.421. The molecule has 0 radical (unpaired) electrons. The monoisotopic (exact) mass is 434 g/mol. The molecule has 1 heterocycles. The first kappa shape index (κ1) is 17.8. The van der Waals surface area contributed by atoms with Crippen LogP contribution in [-0.2, 0) is 14.4 Å². The first-order chi connectivity index (χ1) is 12.5. The van der Waals surface area contributed by atoms with Crippen molar-refractivity contribution in [2.24, 2.45) is 23.7 Å². The van der Waals surface area contributed by atoms with Crippen molar-refractivity contribution < 1.29 is 14.4 Å². The van der Waals surface area contributed by atoms with Gasteiger partial charge in [-0.05, 0) is 42.5 Å². The molecule has 1 saturated carbocycles. The maximum absolute atomic E-state index is 12.5. The number of hydrogen-bond acceptors (Lipinski definition) is 4. The summed E-state index contributed by atoms with van der Waals surface area (Å²) in [6, 6.07) is 7.98. The fourth-order valence-electron chi connectivity index (χ4n) is 4.21. The van der Waals surface area contributed by atoms with Crippen molar-refractivity contribution in [1.82, 2.24) is 10.2 Å². The van der Waals surface area contributed by atoms with Crippen LogP contribution in [0, 0.1) is 23.7 Å². The van der Waals surface area contributed by atoms with E-state index in [0.717, 1.165) is 21.5 Å². The molecule has 7 heteroatoms. The third-order valence-corrected chi connectivity index (χ3v) is 6.91. The highest BCUT2D eigenvalue weighted by Gasteiger charge is 2.59. The van der Waals surface area contributed by atoms with Crippen molar-refractivity contribution in [1.29, 1.82) is 0 Å². The van der Waals surface area contributed by atoms with E-state index in [1.807, 2.05) is 24.3 Å². The third-order valence-electron chi connectivity index (χ3n) is 5.37. The molecule has 1 aromatic carbocycles. The highest BCUT2D eigenvalue weighted by atomic mass is 79.9. The number of allylic oxidation sites excluding steroid dienone is 2. The van der Waals surface area contributed by atoms with Crippen molar-refractivity contribution in [3.63, 3.8) is 0 Å². The molecule has 1 saturated heterocycles. The summed E-state index contributed by atoms with van der Waals surface area (Å²) in [5.74, 6) is -0.00443. The van der Waals surface area contributed by atoms with Crippen molar-refractivity contribution >= 4 is 45.4 Å². The maximum Gasteiger partial charge on any atom is 0.240 e. The van der Waals surface area contributed by atoms with E-state index < -0.39 is 0 Å². The minimum absolute atomic E-state index is 0.160. The van der Waals surface area contributed by atoms with Crippen LogP contribution in [0.4, 0.5) is 0 Å². The highest BCUT2D eigenvalue weighted by Crippen LogP contribution is 2.52. The number of halogens is 1. The molecule has 4 atom stereocenters. The lowest BCUT2D eigenvalue weighted by Gasteiger charge is -2.16. The van der Waals surface area contributed by atoms with Crippen LogP contribution in [0.1, 0.15) is 6.42 Å². The molecular weight excluding hydrogens is 416 g/mol. The van der Waals surface area contributed by atoms with Gasteiger partial charge in [0.15, 0.2) is 0 Å². The van der Waals surface area contributed by atoms with Gasteiger partial charge in [0.25, 0.3) is 0 Å². The number of nitrogens with one attached hydrogen (secondary N) is 1. The molecule has 2 aliphatic carbocycles. The largest absolute Gasteiger partial charge is 0.354 e. The van der Waals surface area contributed by atoms with E-state index in [0.29, 0.717) is 6.54 Å². The number of amides is 3. The Hall–Kier alpha value is -1.60. The molecular formula is C19H19BrN2O3S. The van der Waals surface area contributed by atoms with Gasteiger partial charge in [0.05, 0.1) is 11.8 Å². The summed E-state index contributed by atoms with van der Waals surface area (Å²) in [7, 11) is 0. The van der Waals surface area contributed by atoms with Crippen LogP contribution in [0.2, 0.25) is 0 Å². The van der Waals surface area contributed by atoms with Crippen molar-refractivity contribution in [3.8, 4) is 0 Å². The van der Waals surface area contributed by atoms with Gasteiger partial charge < -0.3 is 5.32 Å². The van der Waals surface area contributed by atoms with Gasteiger partial charge in [0.2, 0.25) is 17.7 Å². The van der Waals surface area contributed by atoms with Crippen LogP contribution in [0.5, 0.6) is 0 Å². The van der Waals surface area contributed by atoms with Crippen LogP contribution in [0.15, 0.2) is 45.8 Å². The summed E-state index contributed by atoms with van der Waals surface area (Å²) >= 11 is 5.04. The van der Waals surface area contributed by atoms with Crippen molar-refractivity contribution in [3.05, 3.63) is 40.9 Å². The van der Waals surface area contributed by atoms with Crippen LogP contribution >= 0.6 is 27.7 Å². The number of likely N-dealkylation sites (tertiary alicyclic amines) is 1. The van der Waals surface area contributed by atoms with Gasteiger partial charge in [-0.25, -0.2) is 0 Å². The SMILES string of the molecule is O=C(CN1C(=O)[C@@H]2[C@@H](C1=O)[C@H]1C=C[C@H]2C1)NCCSc1ccc(Br)cc1. The van der Waals surface area contributed by atoms with Crippen molar-refractivity contribution in [2.75, 3.05) is 18.8 Å². The molecule has 1 aliphatic heterocycles. The second-order valence-electron chi connectivity index (χ2n) is 6.91. The molecule has 2 fully saturated rings. The standard InChI is InChI=1S/C19H19BrN2O3S/c20-13-3-5-14(6-4-13)26-8-7-21-15(23)10-22-18(24)16-11-1-2-12(9-11)17(16)19(22)25/h1-6,11-12,16-17H,7-10H2,(H,21,23)/t11-,12-,16-,17-/m0/s1. The zero-order valence-corrected chi connectivity index (χ0v) is 16.5. The minimum Gasteiger partial charge on any atom is -0.354 e. The average Bonchev–Trinajstić information content (AvgIpc) is 3.30. The van der Waals surface area contributed by atoms with Gasteiger partial charge >= 0.3 is 0 Å². The highest BCUT2D eigenvalue weighted by molar-refractivity contribution is 9.10. The Balaban J connectivity index is 1.24. The minimum atomic E-state index is -0.275. The Morgan fingerprint density at radius 3 is 2.35 bits per heavy atom. The smallest absolute Gasteiger partial charge is 0.240 e. The number of hydrogen-bond donors (Lipinski definition) is 1. The zero-order valence-electron chi connectivity index (χ0n) is 14.1. The van der Waals surface area contributed by atoms with E-state index in [1.54, 1.807) is 11.8 Å².